The van der Waals surface area contributed by atoms with E-state index in [1.807, 2.05) is 18.2 Å². The molecule has 1 aromatic heterocycles. The molecule has 0 bridgehead atoms. The van der Waals surface area contributed by atoms with Crippen LogP contribution in [0.3, 0.4) is 0 Å². The van der Waals surface area contributed by atoms with E-state index in [0.29, 0.717) is 0 Å². The second-order valence-corrected chi connectivity index (χ2v) is 4.23. The summed E-state index contributed by atoms with van der Waals surface area (Å²) in [6, 6.07) is 10.2. The predicted molar refractivity (Wildman–Crippen MR) is 66.5 cm³/mol. The van der Waals surface area contributed by atoms with Crippen molar-refractivity contribution in [2.45, 2.75) is 6.54 Å². The number of para-hydroxylation sites is 1. The molecule has 0 radical (unpaired) electrons. The average Bonchev–Trinajstić information content (AvgIpc) is 2.66. The van der Waals surface area contributed by atoms with Crippen LogP contribution in [0.15, 0.2) is 34.7 Å². The number of nitrogens with zero attached hydrogens (tertiary/aromatic N) is 1. The van der Waals surface area contributed by atoms with E-state index in [0.717, 1.165) is 31.0 Å². The molecule has 0 spiro atoms. The van der Waals surface area contributed by atoms with Gasteiger partial charge in [0.2, 0.25) is 0 Å². The second kappa shape index (κ2) is 5.14. The van der Waals surface area contributed by atoms with E-state index < -0.39 is 0 Å². The van der Waals surface area contributed by atoms with Crippen molar-refractivity contribution in [3.05, 3.63) is 36.1 Å². The molecule has 1 aromatic carbocycles. The monoisotopic (exact) mass is 218 g/mol. The van der Waals surface area contributed by atoms with Crippen molar-refractivity contribution in [2.75, 3.05) is 27.2 Å². The van der Waals surface area contributed by atoms with Crippen molar-refractivity contribution in [3.8, 4) is 0 Å². The fourth-order valence-corrected chi connectivity index (χ4v) is 1.64. The Kier molecular flexibility index (Phi) is 3.59. The van der Waals surface area contributed by atoms with Gasteiger partial charge in [-0.15, -0.1) is 0 Å². The Hall–Kier alpha value is -1.32. The van der Waals surface area contributed by atoms with Crippen LogP contribution >= 0.6 is 0 Å². The van der Waals surface area contributed by atoms with Crippen LogP contribution in [0.1, 0.15) is 5.76 Å². The first-order valence-corrected chi connectivity index (χ1v) is 5.58. The van der Waals surface area contributed by atoms with Gasteiger partial charge in [-0.05, 0) is 26.2 Å². The largest absolute Gasteiger partial charge is 0.460 e. The summed E-state index contributed by atoms with van der Waals surface area (Å²) in [6.45, 7) is 2.81. The van der Waals surface area contributed by atoms with Gasteiger partial charge in [-0.3, -0.25) is 0 Å². The molecule has 0 amide bonds. The molecular weight excluding hydrogens is 200 g/mol. The molecule has 0 fully saturated rings. The lowest BCUT2D eigenvalue weighted by Gasteiger charge is -2.09. The van der Waals surface area contributed by atoms with E-state index in [9.17, 15) is 0 Å². The van der Waals surface area contributed by atoms with Crippen LogP contribution in [0, 0.1) is 0 Å². The van der Waals surface area contributed by atoms with Crippen LogP contribution in [0.5, 0.6) is 0 Å². The Morgan fingerprint density at radius 2 is 2.06 bits per heavy atom. The number of rotatable bonds is 5. The molecule has 2 rings (SSSR count). The number of likely N-dealkylation sites (N-methyl/N-ethyl adjacent to an activating group) is 1. The van der Waals surface area contributed by atoms with Gasteiger partial charge in [0.1, 0.15) is 11.3 Å². The number of furan rings is 1. The molecule has 16 heavy (non-hydrogen) atoms. The molecular formula is C13H18N2O. The average molecular weight is 218 g/mol. The van der Waals surface area contributed by atoms with Gasteiger partial charge in [-0.1, -0.05) is 18.2 Å². The molecule has 0 atom stereocenters. The summed E-state index contributed by atoms with van der Waals surface area (Å²) in [6.07, 6.45) is 0. The highest BCUT2D eigenvalue weighted by molar-refractivity contribution is 5.77. The van der Waals surface area contributed by atoms with Crippen LogP contribution in [0.25, 0.3) is 11.0 Å². The minimum Gasteiger partial charge on any atom is -0.460 e. The van der Waals surface area contributed by atoms with Gasteiger partial charge in [0.05, 0.1) is 6.54 Å². The number of hydrogen-bond donors (Lipinski definition) is 1. The molecule has 0 aliphatic rings. The lowest BCUT2D eigenvalue weighted by molar-refractivity contribution is 0.394. The van der Waals surface area contributed by atoms with Gasteiger partial charge >= 0.3 is 0 Å². The fourth-order valence-electron chi connectivity index (χ4n) is 1.64. The smallest absolute Gasteiger partial charge is 0.134 e. The summed E-state index contributed by atoms with van der Waals surface area (Å²) >= 11 is 0. The number of fused-ring (bicyclic) bond motifs is 1. The van der Waals surface area contributed by atoms with Gasteiger partial charge in [0, 0.05) is 18.5 Å². The molecule has 1 heterocycles. The van der Waals surface area contributed by atoms with Gasteiger partial charge < -0.3 is 14.6 Å². The highest BCUT2D eigenvalue weighted by Gasteiger charge is 2.01. The first kappa shape index (κ1) is 11.2. The molecule has 3 nitrogen and oxygen atoms in total. The van der Waals surface area contributed by atoms with Gasteiger partial charge in [0.25, 0.3) is 0 Å². The SMILES string of the molecule is CN(C)CCNCc1cc2ccccc2o1. The van der Waals surface area contributed by atoms with Crippen LogP contribution in [-0.4, -0.2) is 32.1 Å². The molecule has 0 saturated heterocycles. The van der Waals surface area contributed by atoms with E-state index in [2.05, 4.69) is 36.4 Å². The maximum Gasteiger partial charge on any atom is 0.134 e. The summed E-state index contributed by atoms with van der Waals surface area (Å²) in [7, 11) is 4.14. The quantitative estimate of drug-likeness (QED) is 0.779. The lowest BCUT2D eigenvalue weighted by Crippen LogP contribution is -2.25. The minimum absolute atomic E-state index is 0.794. The predicted octanol–water partition coefficient (Wildman–Crippen LogP) is 2.08. The van der Waals surface area contributed by atoms with E-state index in [4.69, 9.17) is 4.42 Å². The summed E-state index contributed by atoms with van der Waals surface area (Å²) in [4.78, 5) is 2.16. The highest BCUT2D eigenvalue weighted by Crippen LogP contribution is 2.18. The van der Waals surface area contributed by atoms with Gasteiger partial charge in [-0.2, -0.15) is 0 Å². The van der Waals surface area contributed by atoms with Crippen LogP contribution < -0.4 is 5.32 Å². The molecule has 1 N–H and O–H groups in total. The Bertz CT molecular complexity index is 415. The first-order valence-electron chi connectivity index (χ1n) is 5.58. The maximum atomic E-state index is 5.70. The summed E-state index contributed by atoms with van der Waals surface area (Å²) in [5.74, 6) is 1.000. The van der Waals surface area contributed by atoms with E-state index in [1.165, 1.54) is 5.39 Å². The second-order valence-electron chi connectivity index (χ2n) is 4.23. The van der Waals surface area contributed by atoms with Crippen molar-refractivity contribution in [1.29, 1.82) is 0 Å². The van der Waals surface area contributed by atoms with Crippen molar-refractivity contribution in [2.24, 2.45) is 0 Å². The maximum absolute atomic E-state index is 5.70. The Morgan fingerprint density at radius 1 is 1.25 bits per heavy atom. The minimum atomic E-state index is 0.794. The van der Waals surface area contributed by atoms with Gasteiger partial charge in [-0.25, -0.2) is 0 Å². The normalized spacial score (nSPS) is 11.4. The third kappa shape index (κ3) is 2.84. The third-order valence-electron chi connectivity index (χ3n) is 2.51. The topological polar surface area (TPSA) is 28.4 Å². The third-order valence-corrected chi connectivity index (χ3v) is 2.51. The zero-order chi connectivity index (χ0) is 11.4. The molecule has 0 saturated carbocycles. The first-order chi connectivity index (χ1) is 7.75. The van der Waals surface area contributed by atoms with Crippen LogP contribution in [0.2, 0.25) is 0 Å². The molecule has 0 unspecified atom stereocenters. The summed E-state index contributed by atoms with van der Waals surface area (Å²) < 4.78 is 5.70. The van der Waals surface area contributed by atoms with E-state index in [1.54, 1.807) is 0 Å². The van der Waals surface area contributed by atoms with Crippen molar-refractivity contribution in [3.63, 3.8) is 0 Å². The van der Waals surface area contributed by atoms with Gasteiger partial charge in [0.15, 0.2) is 0 Å². The molecule has 3 heteroatoms. The van der Waals surface area contributed by atoms with Crippen LogP contribution in [-0.2, 0) is 6.54 Å². The molecule has 86 valence electrons. The fraction of sp³-hybridized carbons (Fsp3) is 0.385. The van der Waals surface area contributed by atoms with Crippen molar-refractivity contribution < 1.29 is 4.42 Å². The number of benzene rings is 1. The van der Waals surface area contributed by atoms with Crippen molar-refractivity contribution >= 4 is 11.0 Å². The Morgan fingerprint density at radius 3 is 2.81 bits per heavy atom. The Labute approximate surface area is 96.0 Å². The lowest BCUT2D eigenvalue weighted by atomic mass is 10.2. The Balaban J connectivity index is 1.89. The highest BCUT2D eigenvalue weighted by atomic mass is 16.3. The van der Waals surface area contributed by atoms with Crippen LogP contribution in [0.4, 0.5) is 0 Å². The summed E-state index contributed by atoms with van der Waals surface area (Å²) in [5.41, 5.74) is 0.965. The number of hydrogen-bond acceptors (Lipinski definition) is 3. The van der Waals surface area contributed by atoms with Crippen molar-refractivity contribution in [1.82, 2.24) is 10.2 Å². The zero-order valence-electron chi connectivity index (χ0n) is 9.86. The standard InChI is InChI=1S/C13H18N2O/c1-15(2)8-7-14-10-12-9-11-5-3-4-6-13(11)16-12/h3-6,9,14H,7-8,10H2,1-2H3. The molecule has 0 aliphatic heterocycles. The molecule has 0 aliphatic carbocycles. The van der Waals surface area contributed by atoms with E-state index >= 15 is 0 Å². The zero-order valence-corrected chi connectivity index (χ0v) is 9.86. The molecule has 2 aromatic rings. The van der Waals surface area contributed by atoms with E-state index in [-0.39, 0.29) is 0 Å². The number of nitrogens with one attached hydrogen (secondary N) is 1. The summed E-state index contributed by atoms with van der Waals surface area (Å²) in [5, 5.41) is 4.53.